The van der Waals surface area contributed by atoms with E-state index < -0.39 is 5.82 Å². The standard InChI is InChI=1S/C23H19FN2O3/c1-2-13-28-17-10-7-15(8-11-17)22(27)25-16-9-12-21-20(14-16)26-23(29-21)18-5-3-4-6-19(18)24/h3-12,14H,2,13H2,1H3,(H,25,27). The molecule has 1 amide bonds. The van der Waals surface area contributed by atoms with Crippen LogP contribution in [0.2, 0.25) is 0 Å². The summed E-state index contributed by atoms with van der Waals surface area (Å²) in [5.74, 6) is 0.278. The molecular weight excluding hydrogens is 371 g/mol. The lowest BCUT2D eigenvalue weighted by Gasteiger charge is -2.07. The SMILES string of the molecule is CCCOc1ccc(C(=O)Nc2ccc3oc(-c4ccccc4F)nc3c2)cc1. The third-order valence-corrected chi connectivity index (χ3v) is 4.34. The molecule has 0 aliphatic rings. The predicted octanol–water partition coefficient (Wildman–Crippen LogP) is 5.68. The number of fused-ring (bicyclic) bond motifs is 1. The van der Waals surface area contributed by atoms with E-state index in [1.54, 1.807) is 60.7 Å². The summed E-state index contributed by atoms with van der Waals surface area (Å²) in [7, 11) is 0. The van der Waals surface area contributed by atoms with Crippen molar-refractivity contribution in [3.8, 4) is 17.2 Å². The first-order chi connectivity index (χ1) is 14.1. The van der Waals surface area contributed by atoms with E-state index in [2.05, 4.69) is 10.3 Å². The number of halogens is 1. The van der Waals surface area contributed by atoms with Crippen LogP contribution in [0.1, 0.15) is 23.7 Å². The molecule has 0 saturated heterocycles. The first kappa shape index (κ1) is 18.7. The Morgan fingerprint density at radius 1 is 1.10 bits per heavy atom. The minimum Gasteiger partial charge on any atom is -0.494 e. The average molecular weight is 390 g/mol. The van der Waals surface area contributed by atoms with Crippen molar-refractivity contribution in [2.75, 3.05) is 11.9 Å². The second kappa shape index (κ2) is 8.14. The van der Waals surface area contributed by atoms with E-state index in [-0.39, 0.29) is 11.8 Å². The third kappa shape index (κ3) is 4.11. The van der Waals surface area contributed by atoms with Gasteiger partial charge < -0.3 is 14.5 Å². The fourth-order valence-corrected chi connectivity index (χ4v) is 2.88. The number of nitrogens with one attached hydrogen (secondary N) is 1. The highest BCUT2D eigenvalue weighted by Gasteiger charge is 2.13. The Balaban J connectivity index is 1.52. The van der Waals surface area contributed by atoms with Gasteiger partial charge in [0.2, 0.25) is 5.89 Å². The summed E-state index contributed by atoms with van der Waals surface area (Å²) in [5, 5.41) is 2.84. The van der Waals surface area contributed by atoms with Crippen LogP contribution in [0.3, 0.4) is 0 Å². The topological polar surface area (TPSA) is 64.4 Å². The Bertz CT molecular complexity index is 1150. The molecule has 0 spiro atoms. The van der Waals surface area contributed by atoms with Gasteiger partial charge in [0, 0.05) is 11.3 Å². The fourth-order valence-electron chi connectivity index (χ4n) is 2.88. The van der Waals surface area contributed by atoms with E-state index in [4.69, 9.17) is 9.15 Å². The summed E-state index contributed by atoms with van der Waals surface area (Å²) in [6, 6.07) is 18.4. The summed E-state index contributed by atoms with van der Waals surface area (Å²) in [4.78, 5) is 16.9. The van der Waals surface area contributed by atoms with Crippen LogP contribution >= 0.6 is 0 Å². The molecule has 0 aliphatic carbocycles. The maximum Gasteiger partial charge on any atom is 0.255 e. The number of carbonyl (C=O) groups is 1. The zero-order valence-corrected chi connectivity index (χ0v) is 15.8. The molecule has 1 aromatic heterocycles. The second-order valence-electron chi connectivity index (χ2n) is 6.51. The molecule has 0 saturated carbocycles. The highest BCUT2D eigenvalue weighted by molar-refractivity contribution is 6.05. The van der Waals surface area contributed by atoms with Gasteiger partial charge in [-0.1, -0.05) is 19.1 Å². The lowest BCUT2D eigenvalue weighted by molar-refractivity contribution is 0.102. The summed E-state index contributed by atoms with van der Waals surface area (Å²) in [6.07, 6.45) is 0.922. The van der Waals surface area contributed by atoms with Gasteiger partial charge in [0.1, 0.15) is 17.1 Å². The van der Waals surface area contributed by atoms with Crippen LogP contribution in [-0.2, 0) is 0 Å². The van der Waals surface area contributed by atoms with E-state index in [0.29, 0.717) is 34.5 Å². The van der Waals surface area contributed by atoms with Gasteiger partial charge in [-0.15, -0.1) is 0 Å². The van der Waals surface area contributed by atoms with Crippen LogP contribution in [0.25, 0.3) is 22.6 Å². The van der Waals surface area contributed by atoms with Gasteiger partial charge in [0.05, 0.1) is 12.2 Å². The molecule has 0 unspecified atom stereocenters. The van der Waals surface area contributed by atoms with Gasteiger partial charge in [0.15, 0.2) is 5.58 Å². The quantitative estimate of drug-likeness (QED) is 0.460. The van der Waals surface area contributed by atoms with Gasteiger partial charge in [-0.2, -0.15) is 0 Å². The summed E-state index contributed by atoms with van der Waals surface area (Å²) in [5.41, 5.74) is 2.42. The van der Waals surface area contributed by atoms with Crippen LogP contribution in [0.4, 0.5) is 10.1 Å². The zero-order chi connectivity index (χ0) is 20.2. The summed E-state index contributed by atoms with van der Waals surface area (Å²) >= 11 is 0. The van der Waals surface area contributed by atoms with E-state index in [1.807, 2.05) is 6.92 Å². The van der Waals surface area contributed by atoms with Crippen molar-refractivity contribution in [2.45, 2.75) is 13.3 Å². The molecule has 1 heterocycles. The Morgan fingerprint density at radius 2 is 1.90 bits per heavy atom. The largest absolute Gasteiger partial charge is 0.494 e. The number of aromatic nitrogens is 1. The van der Waals surface area contributed by atoms with Crippen molar-refractivity contribution in [2.24, 2.45) is 0 Å². The Morgan fingerprint density at radius 3 is 2.66 bits per heavy atom. The maximum absolute atomic E-state index is 14.0. The number of nitrogens with zero attached hydrogens (tertiary/aromatic N) is 1. The molecule has 0 fully saturated rings. The van der Waals surface area contributed by atoms with Crippen LogP contribution < -0.4 is 10.1 Å². The Hall–Kier alpha value is -3.67. The molecule has 3 aromatic carbocycles. The van der Waals surface area contributed by atoms with Crippen molar-refractivity contribution in [1.29, 1.82) is 0 Å². The van der Waals surface area contributed by atoms with Gasteiger partial charge in [-0.25, -0.2) is 9.37 Å². The first-order valence-corrected chi connectivity index (χ1v) is 9.34. The molecule has 0 radical (unpaired) electrons. The number of oxazole rings is 1. The number of hydrogen-bond donors (Lipinski definition) is 1. The number of carbonyl (C=O) groups excluding carboxylic acids is 1. The highest BCUT2D eigenvalue weighted by atomic mass is 19.1. The van der Waals surface area contributed by atoms with Crippen LogP contribution in [-0.4, -0.2) is 17.5 Å². The summed E-state index contributed by atoms with van der Waals surface area (Å²) in [6.45, 7) is 2.67. The van der Waals surface area contributed by atoms with E-state index in [0.717, 1.165) is 12.2 Å². The molecule has 29 heavy (non-hydrogen) atoms. The van der Waals surface area contributed by atoms with E-state index in [9.17, 15) is 9.18 Å². The highest BCUT2D eigenvalue weighted by Crippen LogP contribution is 2.28. The number of amides is 1. The third-order valence-electron chi connectivity index (χ3n) is 4.34. The van der Waals surface area contributed by atoms with Crippen LogP contribution in [0.15, 0.2) is 71.1 Å². The molecule has 6 heteroatoms. The minimum absolute atomic E-state index is 0.198. The second-order valence-corrected chi connectivity index (χ2v) is 6.51. The lowest BCUT2D eigenvalue weighted by Crippen LogP contribution is -2.11. The summed E-state index contributed by atoms with van der Waals surface area (Å²) < 4.78 is 25.1. The van der Waals surface area contributed by atoms with Crippen LogP contribution in [0, 0.1) is 5.82 Å². The van der Waals surface area contributed by atoms with Crippen molar-refractivity contribution >= 4 is 22.7 Å². The van der Waals surface area contributed by atoms with Crippen molar-refractivity contribution in [1.82, 2.24) is 4.98 Å². The molecule has 1 N–H and O–H groups in total. The number of rotatable bonds is 6. The predicted molar refractivity (Wildman–Crippen MR) is 110 cm³/mol. The van der Waals surface area contributed by atoms with Gasteiger partial charge in [-0.3, -0.25) is 4.79 Å². The zero-order valence-electron chi connectivity index (χ0n) is 15.8. The monoisotopic (exact) mass is 390 g/mol. The fraction of sp³-hybridized carbons (Fsp3) is 0.130. The lowest BCUT2D eigenvalue weighted by atomic mass is 10.2. The number of benzene rings is 3. The maximum atomic E-state index is 14.0. The van der Waals surface area contributed by atoms with Crippen LogP contribution in [0.5, 0.6) is 5.75 Å². The van der Waals surface area contributed by atoms with Gasteiger partial charge in [-0.05, 0) is 61.0 Å². The van der Waals surface area contributed by atoms with Gasteiger partial charge >= 0.3 is 0 Å². The Kier molecular flexibility index (Phi) is 5.24. The first-order valence-electron chi connectivity index (χ1n) is 9.34. The van der Waals surface area contributed by atoms with Crippen molar-refractivity contribution < 1.29 is 18.3 Å². The van der Waals surface area contributed by atoms with E-state index in [1.165, 1.54) is 6.07 Å². The number of ether oxygens (including phenoxy) is 1. The molecule has 146 valence electrons. The molecule has 4 rings (SSSR count). The molecule has 0 aliphatic heterocycles. The molecule has 0 atom stereocenters. The smallest absolute Gasteiger partial charge is 0.255 e. The normalized spacial score (nSPS) is 10.8. The molecular formula is C23H19FN2O3. The minimum atomic E-state index is -0.404. The molecule has 4 aromatic rings. The molecule has 5 nitrogen and oxygen atoms in total. The average Bonchev–Trinajstić information content (AvgIpc) is 3.16. The van der Waals surface area contributed by atoms with E-state index >= 15 is 0 Å². The Labute approximate surface area is 167 Å². The number of hydrogen-bond acceptors (Lipinski definition) is 4. The number of anilines is 1. The molecule has 0 bridgehead atoms. The van der Waals surface area contributed by atoms with Crippen molar-refractivity contribution in [3.05, 3.63) is 78.1 Å². The van der Waals surface area contributed by atoms with Crippen molar-refractivity contribution in [3.63, 3.8) is 0 Å². The van der Waals surface area contributed by atoms with Gasteiger partial charge in [0.25, 0.3) is 5.91 Å².